The van der Waals surface area contributed by atoms with Crippen LogP contribution < -0.4 is 10.6 Å². The molecule has 1 aromatic heterocycles. The molecule has 1 amide bonds. The first kappa shape index (κ1) is 13.2. The SMILES string of the molecule is CCNC(=O)c1ccc(NCc2ccoc2)c(C)c1. The van der Waals surface area contributed by atoms with Gasteiger partial charge in [-0.2, -0.15) is 0 Å². The number of carbonyl (C=O) groups excluding carboxylic acids is 1. The van der Waals surface area contributed by atoms with Crippen molar-refractivity contribution in [2.45, 2.75) is 20.4 Å². The van der Waals surface area contributed by atoms with Crippen molar-refractivity contribution in [2.24, 2.45) is 0 Å². The molecule has 0 aliphatic rings. The summed E-state index contributed by atoms with van der Waals surface area (Å²) in [7, 11) is 0. The van der Waals surface area contributed by atoms with E-state index in [0.717, 1.165) is 16.8 Å². The molecule has 19 heavy (non-hydrogen) atoms. The van der Waals surface area contributed by atoms with Gasteiger partial charge in [0.2, 0.25) is 0 Å². The molecule has 0 spiro atoms. The number of aryl methyl sites for hydroxylation is 1. The lowest BCUT2D eigenvalue weighted by molar-refractivity contribution is 0.0956. The molecule has 1 heterocycles. The van der Waals surface area contributed by atoms with E-state index in [-0.39, 0.29) is 5.91 Å². The van der Waals surface area contributed by atoms with Gasteiger partial charge in [-0.05, 0) is 43.7 Å². The monoisotopic (exact) mass is 258 g/mol. The molecule has 0 unspecified atom stereocenters. The highest BCUT2D eigenvalue weighted by Gasteiger charge is 2.06. The van der Waals surface area contributed by atoms with Gasteiger partial charge in [0.15, 0.2) is 0 Å². The standard InChI is InChI=1S/C15H18N2O2/c1-3-16-15(18)13-4-5-14(11(2)8-13)17-9-12-6-7-19-10-12/h4-8,10,17H,3,9H2,1-2H3,(H,16,18). The molecule has 0 aliphatic heterocycles. The predicted molar refractivity (Wildman–Crippen MR) is 75.2 cm³/mol. The lowest BCUT2D eigenvalue weighted by atomic mass is 10.1. The molecule has 0 fully saturated rings. The largest absolute Gasteiger partial charge is 0.472 e. The van der Waals surface area contributed by atoms with Crippen molar-refractivity contribution in [3.05, 3.63) is 53.5 Å². The highest BCUT2D eigenvalue weighted by Crippen LogP contribution is 2.17. The Hall–Kier alpha value is -2.23. The lowest BCUT2D eigenvalue weighted by Crippen LogP contribution is -2.22. The van der Waals surface area contributed by atoms with E-state index in [1.807, 2.05) is 38.1 Å². The Morgan fingerprint density at radius 1 is 1.32 bits per heavy atom. The summed E-state index contributed by atoms with van der Waals surface area (Å²) in [6.45, 7) is 5.24. The van der Waals surface area contributed by atoms with Crippen LogP contribution in [0, 0.1) is 6.92 Å². The molecule has 2 rings (SSSR count). The van der Waals surface area contributed by atoms with Gasteiger partial charge in [-0.25, -0.2) is 0 Å². The van der Waals surface area contributed by atoms with Crippen molar-refractivity contribution in [1.82, 2.24) is 5.32 Å². The Morgan fingerprint density at radius 3 is 2.79 bits per heavy atom. The first-order chi connectivity index (χ1) is 9.20. The zero-order valence-electron chi connectivity index (χ0n) is 11.2. The van der Waals surface area contributed by atoms with Crippen LogP contribution in [0.15, 0.2) is 41.2 Å². The number of benzene rings is 1. The second-order valence-electron chi connectivity index (χ2n) is 4.37. The summed E-state index contributed by atoms with van der Waals surface area (Å²) in [4.78, 5) is 11.7. The molecule has 100 valence electrons. The van der Waals surface area contributed by atoms with Crippen LogP contribution in [0.5, 0.6) is 0 Å². The zero-order valence-corrected chi connectivity index (χ0v) is 11.2. The molecule has 0 atom stereocenters. The zero-order chi connectivity index (χ0) is 13.7. The first-order valence-corrected chi connectivity index (χ1v) is 6.34. The predicted octanol–water partition coefficient (Wildman–Crippen LogP) is 2.95. The minimum atomic E-state index is -0.0352. The van der Waals surface area contributed by atoms with E-state index in [2.05, 4.69) is 10.6 Å². The average Bonchev–Trinajstić information content (AvgIpc) is 2.90. The Bertz CT molecular complexity index is 547. The number of nitrogens with one attached hydrogen (secondary N) is 2. The van der Waals surface area contributed by atoms with Crippen molar-refractivity contribution in [3.8, 4) is 0 Å². The molecule has 2 N–H and O–H groups in total. The van der Waals surface area contributed by atoms with Crippen molar-refractivity contribution in [2.75, 3.05) is 11.9 Å². The highest BCUT2D eigenvalue weighted by atomic mass is 16.3. The number of hydrogen-bond acceptors (Lipinski definition) is 3. The third-order valence-electron chi connectivity index (χ3n) is 2.89. The number of carbonyl (C=O) groups is 1. The Morgan fingerprint density at radius 2 is 2.16 bits per heavy atom. The van der Waals surface area contributed by atoms with Gasteiger partial charge in [0.25, 0.3) is 5.91 Å². The van der Waals surface area contributed by atoms with E-state index < -0.39 is 0 Å². The summed E-state index contributed by atoms with van der Waals surface area (Å²) < 4.78 is 5.02. The van der Waals surface area contributed by atoms with Gasteiger partial charge < -0.3 is 15.1 Å². The summed E-state index contributed by atoms with van der Waals surface area (Å²) in [5.41, 5.74) is 3.85. The maximum absolute atomic E-state index is 11.7. The molecule has 0 saturated heterocycles. The van der Waals surface area contributed by atoms with Crippen LogP contribution in [-0.4, -0.2) is 12.5 Å². The van der Waals surface area contributed by atoms with Gasteiger partial charge in [-0.3, -0.25) is 4.79 Å². The number of hydrogen-bond donors (Lipinski definition) is 2. The van der Waals surface area contributed by atoms with Crippen molar-refractivity contribution in [1.29, 1.82) is 0 Å². The van der Waals surface area contributed by atoms with E-state index in [0.29, 0.717) is 18.7 Å². The normalized spacial score (nSPS) is 10.2. The number of furan rings is 1. The van der Waals surface area contributed by atoms with Gasteiger partial charge in [0, 0.05) is 29.9 Å². The van der Waals surface area contributed by atoms with Gasteiger partial charge >= 0.3 is 0 Å². The fourth-order valence-electron chi connectivity index (χ4n) is 1.86. The van der Waals surface area contributed by atoms with Gasteiger partial charge in [0.1, 0.15) is 0 Å². The number of rotatable bonds is 5. The van der Waals surface area contributed by atoms with Gasteiger partial charge in [0.05, 0.1) is 12.5 Å². The van der Waals surface area contributed by atoms with Gasteiger partial charge in [-0.15, -0.1) is 0 Å². The molecule has 1 aromatic carbocycles. The lowest BCUT2D eigenvalue weighted by Gasteiger charge is -2.10. The summed E-state index contributed by atoms with van der Waals surface area (Å²) >= 11 is 0. The third kappa shape index (κ3) is 3.37. The van der Waals surface area contributed by atoms with E-state index in [9.17, 15) is 4.79 Å². The number of amides is 1. The fraction of sp³-hybridized carbons (Fsp3) is 0.267. The van der Waals surface area contributed by atoms with E-state index in [1.165, 1.54) is 0 Å². The van der Waals surface area contributed by atoms with Crippen LogP contribution in [0.4, 0.5) is 5.69 Å². The summed E-state index contributed by atoms with van der Waals surface area (Å²) in [5.74, 6) is -0.0352. The van der Waals surface area contributed by atoms with Crippen LogP contribution in [0.2, 0.25) is 0 Å². The summed E-state index contributed by atoms with van der Waals surface area (Å²) in [6, 6.07) is 7.57. The average molecular weight is 258 g/mol. The molecule has 2 aromatic rings. The topological polar surface area (TPSA) is 54.3 Å². The molecule has 4 nitrogen and oxygen atoms in total. The van der Waals surface area contributed by atoms with Gasteiger partial charge in [-0.1, -0.05) is 0 Å². The van der Waals surface area contributed by atoms with E-state index in [1.54, 1.807) is 12.5 Å². The van der Waals surface area contributed by atoms with Crippen LogP contribution in [0.25, 0.3) is 0 Å². The first-order valence-electron chi connectivity index (χ1n) is 6.34. The van der Waals surface area contributed by atoms with Crippen LogP contribution >= 0.6 is 0 Å². The van der Waals surface area contributed by atoms with Crippen LogP contribution in [0.1, 0.15) is 28.4 Å². The smallest absolute Gasteiger partial charge is 0.251 e. The van der Waals surface area contributed by atoms with Crippen LogP contribution in [0.3, 0.4) is 0 Å². The maximum Gasteiger partial charge on any atom is 0.251 e. The van der Waals surface area contributed by atoms with E-state index >= 15 is 0 Å². The molecule has 0 radical (unpaired) electrons. The van der Waals surface area contributed by atoms with Crippen molar-refractivity contribution < 1.29 is 9.21 Å². The molecule has 0 saturated carbocycles. The summed E-state index contributed by atoms with van der Waals surface area (Å²) in [6.07, 6.45) is 3.37. The third-order valence-corrected chi connectivity index (χ3v) is 2.89. The quantitative estimate of drug-likeness (QED) is 0.867. The minimum Gasteiger partial charge on any atom is -0.472 e. The Labute approximate surface area is 112 Å². The second-order valence-corrected chi connectivity index (χ2v) is 4.37. The Kier molecular flexibility index (Phi) is 4.23. The minimum absolute atomic E-state index is 0.0352. The maximum atomic E-state index is 11.7. The molecular formula is C15H18N2O2. The van der Waals surface area contributed by atoms with Crippen molar-refractivity contribution >= 4 is 11.6 Å². The molecule has 0 aliphatic carbocycles. The molecule has 4 heteroatoms. The number of anilines is 1. The molecular weight excluding hydrogens is 240 g/mol. The summed E-state index contributed by atoms with van der Waals surface area (Å²) in [5, 5.41) is 6.11. The van der Waals surface area contributed by atoms with Crippen LogP contribution in [-0.2, 0) is 6.54 Å². The second kappa shape index (κ2) is 6.09. The van der Waals surface area contributed by atoms with Crippen molar-refractivity contribution in [3.63, 3.8) is 0 Å². The van der Waals surface area contributed by atoms with E-state index in [4.69, 9.17) is 4.42 Å². The fourth-order valence-corrected chi connectivity index (χ4v) is 1.86. The molecule has 0 bridgehead atoms. The highest BCUT2D eigenvalue weighted by molar-refractivity contribution is 5.94. The Balaban J connectivity index is 2.04.